The number of hydrogen-bond donors (Lipinski definition) is 0. The number of benzene rings is 7. The zero-order valence-corrected chi connectivity index (χ0v) is 23.9. The molecule has 1 aromatic heterocycles. The highest BCUT2D eigenvalue weighted by atomic mass is 15.0. The van der Waals surface area contributed by atoms with Gasteiger partial charge in [-0.15, -0.1) is 0 Å². The lowest BCUT2D eigenvalue weighted by Gasteiger charge is -2.15. The van der Waals surface area contributed by atoms with Gasteiger partial charge < -0.3 is 0 Å². The molecule has 3 heteroatoms. The predicted octanol–water partition coefficient (Wildman–Crippen LogP) is 10.5. The Morgan fingerprint density at radius 2 is 0.773 bits per heavy atom. The van der Waals surface area contributed by atoms with E-state index in [1.165, 1.54) is 16.5 Å². The molecular weight excluding hydrogens is 534 g/mol. The molecule has 0 atom stereocenters. The van der Waals surface area contributed by atoms with Gasteiger partial charge in [-0.05, 0) is 44.3 Å². The highest BCUT2D eigenvalue weighted by Gasteiger charge is 2.19. The molecule has 206 valence electrons. The van der Waals surface area contributed by atoms with Crippen LogP contribution in [0.2, 0.25) is 0 Å². The molecule has 8 rings (SSSR count). The molecule has 1 heterocycles. The molecule has 0 saturated heterocycles. The van der Waals surface area contributed by atoms with E-state index in [2.05, 4.69) is 133 Å². The molecule has 0 unspecified atom stereocenters. The summed E-state index contributed by atoms with van der Waals surface area (Å²) in [4.78, 5) is 15.4. The van der Waals surface area contributed by atoms with Gasteiger partial charge in [-0.1, -0.05) is 158 Å². The van der Waals surface area contributed by atoms with Crippen LogP contribution in [0, 0.1) is 0 Å². The van der Waals surface area contributed by atoms with E-state index < -0.39 is 0 Å². The van der Waals surface area contributed by atoms with Crippen LogP contribution in [0.15, 0.2) is 164 Å². The normalized spacial score (nSPS) is 11.2. The van der Waals surface area contributed by atoms with Crippen molar-refractivity contribution in [3.8, 4) is 56.4 Å². The maximum atomic E-state index is 5.22. The zero-order chi connectivity index (χ0) is 29.3. The van der Waals surface area contributed by atoms with Gasteiger partial charge in [0.2, 0.25) is 0 Å². The van der Waals surface area contributed by atoms with Gasteiger partial charge in [-0.25, -0.2) is 15.0 Å². The standard InChI is InChI=1S/C41H27N3/c1-4-14-28(15-5-1)32-22-12-24-35-34(32)23-13-25-36(35)40-42-39(31-19-8-3-9-20-31)43-41(44-40)37-27-26-29-16-10-11-21-33(29)38(37)30-17-6-2-7-18-30/h1-27H. The van der Waals surface area contributed by atoms with Gasteiger partial charge in [0.05, 0.1) is 0 Å². The Labute approximate surface area is 256 Å². The summed E-state index contributed by atoms with van der Waals surface area (Å²) in [5, 5.41) is 4.61. The number of hydrogen-bond acceptors (Lipinski definition) is 3. The highest BCUT2D eigenvalue weighted by Crippen LogP contribution is 2.39. The van der Waals surface area contributed by atoms with Crippen LogP contribution in [-0.4, -0.2) is 15.0 Å². The van der Waals surface area contributed by atoms with Gasteiger partial charge in [0.15, 0.2) is 17.5 Å². The third kappa shape index (κ3) is 4.61. The molecule has 0 spiro atoms. The zero-order valence-electron chi connectivity index (χ0n) is 23.9. The van der Waals surface area contributed by atoms with E-state index in [0.717, 1.165) is 44.0 Å². The molecule has 3 nitrogen and oxygen atoms in total. The van der Waals surface area contributed by atoms with Crippen LogP contribution < -0.4 is 0 Å². The summed E-state index contributed by atoms with van der Waals surface area (Å²) in [6.45, 7) is 0. The number of rotatable bonds is 5. The van der Waals surface area contributed by atoms with E-state index in [0.29, 0.717) is 17.5 Å². The van der Waals surface area contributed by atoms with Crippen molar-refractivity contribution in [2.24, 2.45) is 0 Å². The molecule has 44 heavy (non-hydrogen) atoms. The van der Waals surface area contributed by atoms with E-state index in [9.17, 15) is 0 Å². The Balaban J connectivity index is 1.41. The van der Waals surface area contributed by atoms with Gasteiger partial charge in [0, 0.05) is 22.3 Å². The van der Waals surface area contributed by atoms with Crippen LogP contribution in [0.5, 0.6) is 0 Å². The lowest BCUT2D eigenvalue weighted by Crippen LogP contribution is -2.02. The van der Waals surface area contributed by atoms with Crippen molar-refractivity contribution < 1.29 is 0 Å². The predicted molar refractivity (Wildman–Crippen MR) is 182 cm³/mol. The van der Waals surface area contributed by atoms with Crippen molar-refractivity contribution in [2.75, 3.05) is 0 Å². The van der Waals surface area contributed by atoms with Crippen LogP contribution in [0.3, 0.4) is 0 Å². The third-order valence-corrected chi connectivity index (χ3v) is 8.15. The Morgan fingerprint density at radius 1 is 0.273 bits per heavy atom. The Morgan fingerprint density at radius 3 is 1.48 bits per heavy atom. The van der Waals surface area contributed by atoms with Crippen LogP contribution >= 0.6 is 0 Å². The molecule has 0 amide bonds. The summed E-state index contributed by atoms with van der Waals surface area (Å²) in [5.41, 5.74) is 7.50. The van der Waals surface area contributed by atoms with Crippen molar-refractivity contribution in [2.45, 2.75) is 0 Å². The Hall–Kier alpha value is -5.93. The first-order valence-electron chi connectivity index (χ1n) is 14.8. The fourth-order valence-corrected chi connectivity index (χ4v) is 6.08. The number of fused-ring (bicyclic) bond motifs is 2. The van der Waals surface area contributed by atoms with Gasteiger partial charge in [0.25, 0.3) is 0 Å². The molecule has 0 aliphatic carbocycles. The third-order valence-electron chi connectivity index (χ3n) is 8.15. The summed E-state index contributed by atoms with van der Waals surface area (Å²) in [7, 11) is 0. The van der Waals surface area contributed by atoms with Gasteiger partial charge in [0.1, 0.15) is 0 Å². The van der Waals surface area contributed by atoms with Crippen molar-refractivity contribution in [3.63, 3.8) is 0 Å². The molecule has 0 saturated carbocycles. The molecule has 7 aromatic carbocycles. The van der Waals surface area contributed by atoms with Crippen molar-refractivity contribution in [1.82, 2.24) is 15.0 Å². The van der Waals surface area contributed by atoms with E-state index in [1.54, 1.807) is 0 Å². The van der Waals surface area contributed by atoms with Crippen molar-refractivity contribution in [3.05, 3.63) is 164 Å². The first-order valence-corrected chi connectivity index (χ1v) is 14.8. The second-order valence-corrected chi connectivity index (χ2v) is 10.8. The monoisotopic (exact) mass is 561 g/mol. The quantitative estimate of drug-likeness (QED) is 0.210. The average Bonchev–Trinajstić information content (AvgIpc) is 3.11. The molecule has 0 radical (unpaired) electrons. The number of nitrogens with zero attached hydrogens (tertiary/aromatic N) is 3. The Bertz CT molecular complexity index is 2260. The number of aromatic nitrogens is 3. The largest absolute Gasteiger partial charge is 0.208 e. The first kappa shape index (κ1) is 25.8. The molecule has 0 fully saturated rings. The molecule has 0 aliphatic heterocycles. The maximum Gasteiger partial charge on any atom is 0.164 e. The minimum atomic E-state index is 0.647. The SMILES string of the molecule is c1ccc(-c2nc(-c3ccc4ccccc4c3-c3ccccc3)nc(-c3cccc4c(-c5ccccc5)cccc34)n2)cc1. The fourth-order valence-electron chi connectivity index (χ4n) is 6.08. The summed E-state index contributed by atoms with van der Waals surface area (Å²) in [6.07, 6.45) is 0. The smallest absolute Gasteiger partial charge is 0.164 e. The first-order chi connectivity index (χ1) is 21.8. The van der Waals surface area contributed by atoms with E-state index >= 15 is 0 Å². The van der Waals surface area contributed by atoms with Crippen molar-refractivity contribution in [1.29, 1.82) is 0 Å². The topological polar surface area (TPSA) is 38.7 Å². The average molecular weight is 562 g/mol. The fraction of sp³-hybridized carbons (Fsp3) is 0. The van der Waals surface area contributed by atoms with Crippen LogP contribution in [0.1, 0.15) is 0 Å². The van der Waals surface area contributed by atoms with Crippen molar-refractivity contribution >= 4 is 21.5 Å². The van der Waals surface area contributed by atoms with E-state index in [1.807, 2.05) is 30.3 Å². The van der Waals surface area contributed by atoms with E-state index in [-0.39, 0.29) is 0 Å². The lowest BCUT2D eigenvalue weighted by molar-refractivity contribution is 1.08. The lowest BCUT2D eigenvalue weighted by atomic mass is 9.92. The molecule has 0 bridgehead atoms. The minimum absolute atomic E-state index is 0.647. The molecule has 0 aliphatic rings. The molecule has 0 N–H and O–H groups in total. The highest BCUT2D eigenvalue weighted by molar-refractivity contribution is 6.05. The van der Waals surface area contributed by atoms with Crippen LogP contribution in [0.4, 0.5) is 0 Å². The Kier molecular flexibility index (Phi) is 6.47. The second kappa shape index (κ2) is 11.0. The molecule has 8 aromatic rings. The van der Waals surface area contributed by atoms with E-state index in [4.69, 9.17) is 15.0 Å². The maximum absolute atomic E-state index is 5.22. The van der Waals surface area contributed by atoms with Gasteiger partial charge in [-0.3, -0.25) is 0 Å². The second-order valence-electron chi connectivity index (χ2n) is 10.8. The molecular formula is C41H27N3. The minimum Gasteiger partial charge on any atom is -0.208 e. The summed E-state index contributed by atoms with van der Waals surface area (Å²) >= 11 is 0. The van der Waals surface area contributed by atoms with Crippen LogP contribution in [0.25, 0.3) is 78.0 Å². The summed E-state index contributed by atoms with van der Waals surface area (Å²) in [5.74, 6) is 1.94. The summed E-state index contributed by atoms with van der Waals surface area (Å²) < 4.78 is 0. The van der Waals surface area contributed by atoms with Crippen LogP contribution in [-0.2, 0) is 0 Å². The summed E-state index contributed by atoms with van der Waals surface area (Å²) in [6, 6.07) is 56.8. The van der Waals surface area contributed by atoms with Gasteiger partial charge in [-0.2, -0.15) is 0 Å². The van der Waals surface area contributed by atoms with Gasteiger partial charge >= 0.3 is 0 Å².